The molecule has 0 bridgehead atoms. The number of nitrogens with zero attached hydrogens (tertiary/aromatic N) is 2. The first-order valence-electron chi connectivity index (χ1n) is 6.89. The van der Waals surface area contributed by atoms with Crippen LogP contribution in [0, 0.1) is 18.3 Å². The summed E-state index contributed by atoms with van der Waals surface area (Å²) in [4.78, 5) is 2.27. The van der Waals surface area contributed by atoms with Gasteiger partial charge >= 0.3 is 0 Å². The molecule has 0 aromatic heterocycles. The molecule has 1 unspecified atom stereocenters. The van der Waals surface area contributed by atoms with Crippen LogP contribution in [0.5, 0.6) is 0 Å². The van der Waals surface area contributed by atoms with Crippen LogP contribution in [0.15, 0.2) is 24.3 Å². The van der Waals surface area contributed by atoms with Crippen molar-refractivity contribution in [2.24, 2.45) is 0 Å². The van der Waals surface area contributed by atoms with Crippen molar-refractivity contribution in [3.05, 3.63) is 29.8 Å². The number of hydrogen-bond acceptors (Lipinski definition) is 3. The van der Waals surface area contributed by atoms with Crippen LogP contribution in [0.3, 0.4) is 0 Å². The van der Waals surface area contributed by atoms with Gasteiger partial charge in [0.25, 0.3) is 0 Å². The van der Waals surface area contributed by atoms with Gasteiger partial charge in [0, 0.05) is 19.3 Å². The monoisotopic (exact) mass is 259 g/mol. The topological polar surface area (TPSA) is 39.1 Å². The van der Waals surface area contributed by atoms with E-state index in [1.54, 1.807) is 0 Å². The normalized spacial score (nSPS) is 13.6. The van der Waals surface area contributed by atoms with E-state index in [2.05, 4.69) is 54.5 Å². The Balaban J connectivity index is 2.34. The molecular formula is C16H25N3. The van der Waals surface area contributed by atoms with Gasteiger partial charge in [-0.1, -0.05) is 17.7 Å². The quantitative estimate of drug-likeness (QED) is 0.765. The molecular weight excluding hydrogens is 234 g/mol. The van der Waals surface area contributed by atoms with Crippen LogP contribution in [0.25, 0.3) is 0 Å². The molecule has 3 nitrogen and oxygen atoms in total. The molecule has 104 valence electrons. The molecule has 1 N–H and O–H groups in total. The van der Waals surface area contributed by atoms with Crippen LogP contribution in [-0.2, 0) is 0 Å². The minimum Gasteiger partial charge on any atom is -0.375 e. The lowest BCUT2D eigenvalue weighted by Crippen LogP contribution is -2.38. The van der Waals surface area contributed by atoms with Crippen molar-refractivity contribution in [1.82, 2.24) is 5.32 Å². The third kappa shape index (κ3) is 4.92. The van der Waals surface area contributed by atoms with E-state index in [4.69, 9.17) is 5.26 Å². The standard InChI is InChI=1S/C16H25N3/c1-14-7-9-15(10-8-14)19(4)12-6-5-11-16(2,13-17)18-3/h7-10,18H,5-6,11-12H2,1-4H3. The summed E-state index contributed by atoms with van der Waals surface area (Å²) in [5, 5.41) is 12.2. The van der Waals surface area contributed by atoms with Gasteiger partial charge in [-0.2, -0.15) is 5.26 Å². The van der Waals surface area contributed by atoms with Crippen molar-refractivity contribution in [3.8, 4) is 6.07 Å². The van der Waals surface area contributed by atoms with E-state index >= 15 is 0 Å². The fourth-order valence-corrected chi connectivity index (χ4v) is 1.99. The molecule has 0 spiro atoms. The highest BCUT2D eigenvalue weighted by molar-refractivity contribution is 5.46. The number of hydrogen-bond donors (Lipinski definition) is 1. The summed E-state index contributed by atoms with van der Waals surface area (Å²) in [5.74, 6) is 0. The smallest absolute Gasteiger partial charge is 0.103 e. The SMILES string of the molecule is CNC(C)(C#N)CCCCN(C)c1ccc(C)cc1. The van der Waals surface area contributed by atoms with E-state index in [-0.39, 0.29) is 5.54 Å². The lowest BCUT2D eigenvalue weighted by atomic mass is 9.97. The summed E-state index contributed by atoms with van der Waals surface area (Å²) in [7, 11) is 3.97. The van der Waals surface area contributed by atoms with Crippen LogP contribution in [0.1, 0.15) is 31.7 Å². The Morgan fingerprint density at radius 3 is 2.42 bits per heavy atom. The van der Waals surface area contributed by atoms with E-state index in [1.807, 2.05) is 14.0 Å². The number of aryl methyl sites for hydroxylation is 1. The Kier molecular flexibility index (Phi) is 5.85. The highest BCUT2D eigenvalue weighted by atomic mass is 15.1. The Bertz CT molecular complexity index is 419. The second kappa shape index (κ2) is 7.16. The van der Waals surface area contributed by atoms with Gasteiger partial charge in [-0.15, -0.1) is 0 Å². The number of nitrogens with one attached hydrogen (secondary N) is 1. The van der Waals surface area contributed by atoms with E-state index in [9.17, 15) is 0 Å². The van der Waals surface area contributed by atoms with Crippen LogP contribution < -0.4 is 10.2 Å². The van der Waals surface area contributed by atoms with Crippen molar-refractivity contribution in [2.75, 3.05) is 25.5 Å². The molecule has 0 aliphatic carbocycles. The van der Waals surface area contributed by atoms with E-state index in [1.165, 1.54) is 11.3 Å². The first-order chi connectivity index (χ1) is 9.00. The third-order valence-electron chi connectivity index (χ3n) is 3.69. The van der Waals surface area contributed by atoms with Crippen LogP contribution >= 0.6 is 0 Å². The van der Waals surface area contributed by atoms with Crippen LogP contribution in [-0.4, -0.2) is 26.2 Å². The minimum absolute atomic E-state index is 0.386. The predicted molar refractivity (Wildman–Crippen MR) is 81.4 cm³/mol. The predicted octanol–water partition coefficient (Wildman–Crippen LogP) is 3.10. The number of rotatable bonds is 7. The number of benzene rings is 1. The lowest BCUT2D eigenvalue weighted by molar-refractivity contribution is 0.434. The third-order valence-corrected chi connectivity index (χ3v) is 3.69. The van der Waals surface area contributed by atoms with Gasteiger partial charge in [0.2, 0.25) is 0 Å². The molecule has 0 aliphatic rings. The van der Waals surface area contributed by atoms with E-state index in [0.29, 0.717) is 0 Å². The van der Waals surface area contributed by atoms with Crippen molar-refractivity contribution in [3.63, 3.8) is 0 Å². The molecule has 1 rings (SSSR count). The van der Waals surface area contributed by atoms with E-state index < -0.39 is 0 Å². The van der Waals surface area contributed by atoms with E-state index in [0.717, 1.165) is 25.8 Å². The first-order valence-corrected chi connectivity index (χ1v) is 6.89. The summed E-state index contributed by atoms with van der Waals surface area (Å²) in [5.41, 5.74) is 2.15. The summed E-state index contributed by atoms with van der Waals surface area (Å²) in [6.45, 7) is 5.08. The molecule has 0 heterocycles. The fraction of sp³-hybridized carbons (Fsp3) is 0.562. The maximum Gasteiger partial charge on any atom is 0.103 e. The summed E-state index contributed by atoms with van der Waals surface area (Å²) >= 11 is 0. The van der Waals surface area contributed by atoms with Crippen molar-refractivity contribution in [2.45, 2.75) is 38.6 Å². The molecule has 0 saturated carbocycles. The zero-order chi connectivity index (χ0) is 14.3. The first kappa shape index (κ1) is 15.5. The summed E-state index contributed by atoms with van der Waals surface area (Å²) < 4.78 is 0. The maximum atomic E-state index is 9.07. The average molecular weight is 259 g/mol. The molecule has 0 amide bonds. The van der Waals surface area contributed by atoms with Gasteiger partial charge < -0.3 is 10.2 Å². The van der Waals surface area contributed by atoms with Gasteiger partial charge in [0.1, 0.15) is 5.54 Å². The van der Waals surface area contributed by atoms with Crippen LogP contribution in [0.2, 0.25) is 0 Å². The molecule has 0 fully saturated rings. The molecule has 0 radical (unpaired) electrons. The largest absolute Gasteiger partial charge is 0.375 e. The molecule has 1 aromatic rings. The van der Waals surface area contributed by atoms with Gasteiger partial charge in [-0.05, 0) is 52.3 Å². The van der Waals surface area contributed by atoms with Gasteiger partial charge in [-0.25, -0.2) is 0 Å². The Morgan fingerprint density at radius 1 is 1.26 bits per heavy atom. The summed E-state index contributed by atoms with van der Waals surface area (Å²) in [6, 6.07) is 10.9. The number of unbranched alkanes of at least 4 members (excludes halogenated alkanes) is 1. The second-order valence-electron chi connectivity index (χ2n) is 5.41. The lowest BCUT2D eigenvalue weighted by Gasteiger charge is -2.22. The minimum atomic E-state index is -0.386. The molecule has 0 saturated heterocycles. The highest BCUT2D eigenvalue weighted by Crippen LogP contribution is 2.16. The van der Waals surface area contributed by atoms with Crippen molar-refractivity contribution >= 4 is 5.69 Å². The molecule has 0 aliphatic heterocycles. The molecule has 19 heavy (non-hydrogen) atoms. The number of anilines is 1. The Labute approximate surface area is 117 Å². The average Bonchev–Trinajstić information content (AvgIpc) is 2.44. The zero-order valence-electron chi connectivity index (χ0n) is 12.5. The fourth-order valence-electron chi connectivity index (χ4n) is 1.99. The molecule has 3 heteroatoms. The highest BCUT2D eigenvalue weighted by Gasteiger charge is 2.19. The Hall–Kier alpha value is -1.53. The Morgan fingerprint density at radius 2 is 1.89 bits per heavy atom. The maximum absolute atomic E-state index is 9.07. The van der Waals surface area contributed by atoms with Crippen LogP contribution in [0.4, 0.5) is 5.69 Å². The zero-order valence-corrected chi connectivity index (χ0v) is 12.5. The number of nitriles is 1. The van der Waals surface area contributed by atoms with Gasteiger partial charge in [0.05, 0.1) is 6.07 Å². The van der Waals surface area contributed by atoms with Gasteiger partial charge in [-0.3, -0.25) is 0 Å². The second-order valence-corrected chi connectivity index (χ2v) is 5.41. The van der Waals surface area contributed by atoms with Crippen molar-refractivity contribution < 1.29 is 0 Å². The molecule has 1 atom stereocenters. The molecule has 1 aromatic carbocycles. The van der Waals surface area contributed by atoms with Crippen molar-refractivity contribution in [1.29, 1.82) is 5.26 Å². The van der Waals surface area contributed by atoms with Gasteiger partial charge in [0.15, 0.2) is 0 Å². The summed E-state index contributed by atoms with van der Waals surface area (Å²) in [6.07, 6.45) is 3.05.